The molecule has 0 bridgehead atoms. The third-order valence-electron chi connectivity index (χ3n) is 3.75. The molecule has 112 valence electrons. The molecule has 0 saturated carbocycles. The smallest absolute Gasteiger partial charge is 0.301 e. The Morgan fingerprint density at radius 2 is 1.85 bits per heavy atom. The summed E-state index contributed by atoms with van der Waals surface area (Å²) in [5.41, 5.74) is 1.85. The molecule has 1 unspecified atom stereocenters. The SMILES string of the molecule is CCC(C)c1ccc(NS(=O)(=O)N2CCNCC2)cc1. The minimum atomic E-state index is -3.43. The van der Waals surface area contributed by atoms with E-state index in [1.165, 1.54) is 9.87 Å². The fourth-order valence-electron chi connectivity index (χ4n) is 2.21. The molecule has 5 nitrogen and oxygen atoms in total. The van der Waals surface area contributed by atoms with Gasteiger partial charge >= 0.3 is 10.2 Å². The lowest BCUT2D eigenvalue weighted by Gasteiger charge is -2.26. The second-order valence-electron chi connectivity index (χ2n) is 5.19. The molecule has 1 atom stereocenters. The van der Waals surface area contributed by atoms with Gasteiger partial charge in [0.15, 0.2) is 0 Å². The van der Waals surface area contributed by atoms with Crippen LogP contribution in [-0.4, -0.2) is 38.9 Å². The lowest BCUT2D eigenvalue weighted by molar-refractivity contribution is 0.362. The number of nitrogens with zero attached hydrogens (tertiary/aromatic N) is 1. The molecule has 1 heterocycles. The molecule has 1 saturated heterocycles. The topological polar surface area (TPSA) is 61.4 Å². The molecule has 1 aliphatic heterocycles. The average molecular weight is 297 g/mol. The maximum Gasteiger partial charge on any atom is 0.301 e. The number of benzene rings is 1. The molecule has 0 amide bonds. The van der Waals surface area contributed by atoms with Crippen molar-refractivity contribution in [2.24, 2.45) is 0 Å². The predicted molar refractivity (Wildman–Crippen MR) is 82.1 cm³/mol. The van der Waals surface area contributed by atoms with Crippen LogP contribution in [0.1, 0.15) is 31.7 Å². The Kier molecular flexibility index (Phi) is 5.01. The Labute approximate surface area is 121 Å². The lowest BCUT2D eigenvalue weighted by Crippen LogP contribution is -2.48. The first kappa shape index (κ1) is 15.3. The van der Waals surface area contributed by atoms with Gasteiger partial charge < -0.3 is 5.32 Å². The Morgan fingerprint density at radius 1 is 1.25 bits per heavy atom. The number of hydrogen-bond donors (Lipinski definition) is 2. The van der Waals surface area contributed by atoms with Gasteiger partial charge in [-0.3, -0.25) is 4.72 Å². The number of rotatable bonds is 5. The van der Waals surface area contributed by atoms with E-state index in [4.69, 9.17) is 0 Å². The second kappa shape index (κ2) is 6.56. The van der Waals surface area contributed by atoms with E-state index in [9.17, 15) is 8.42 Å². The fourth-order valence-corrected chi connectivity index (χ4v) is 3.44. The van der Waals surface area contributed by atoms with Crippen LogP contribution >= 0.6 is 0 Å². The summed E-state index contributed by atoms with van der Waals surface area (Å²) in [6.45, 7) is 6.74. The molecule has 0 spiro atoms. The van der Waals surface area contributed by atoms with Gasteiger partial charge in [-0.2, -0.15) is 12.7 Å². The van der Waals surface area contributed by atoms with Crippen molar-refractivity contribution in [3.63, 3.8) is 0 Å². The van der Waals surface area contributed by atoms with E-state index in [2.05, 4.69) is 23.9 Å². The van der Waals surface area contributed by atoms with Gasteiger partial charge in [-0.15, -0.1) is 0 Å². The zero-order valence-corrected chi connectivity index (χ0v) is 12.9. The number of nitrogens with one attached hydrogen (secondary N) is 2. The first-order valence-corrected chi connectivity index (χ1v) is 8.55. The lowest BCUT2D eigenvalue weighted by atomic mass is 9.99. The Bertz CT molecular complexity index is 522. The van der Waals surface area contributed by atoms with Crippen LogP contribution in [0.15, 0.2) is 24.3 Å². The molecule has 1 aromatic carbocycles. The van der Waals surface area contributed by atoms with Crippen LogP contribution in [-0.2, 0) is 10.2 Å². The van der Waals surface area contributed by atoms with E-state index >= 15 is 0 Å². The molecule has 0 radical (unpaired) electrons. The van der Waals surface area contributed by atoms with Crippen molar-refractivity contribution in [2.75, 3.05) is 30.9 Å². The molecule has 6 heteroatoms. The minimum Gasteiger partial charge on any atom is -0.314 e. The highest BCUT2D eigenvalue weighted by molar-refractivity contribution is 7.90. The summed E-state index contributed by atoms with van der Waals surface area (Å²) in [5, 5.41) is 3.14. The molecule has 2 N–H and O–H groups in total. The van der Waals surface area contributed by atoms with Crippen molar-refractivity contribution < 1.29 is 8.42 Å². The van der Waals surface area contributed by atoms with Crippen molar-refractivity contribution >= 4 is 15.9 Å². The molecule has 0 aliphatic carbocycles. The summed E-state index contributed by atoms with van der Waals surface area (Å²) in [4.78, 5) is 0. The highest BCUT2D eigenvalue weighted by Gasteiger charge is 2.23. The predicted octanol–water partition coefficient (Wildman–Crippen LogP) is 1.76. The van der Waals surface area contributed by atoms with E-state index in [1.54, 1.807) is 0 Å². The maximum absolute atomic E-state index is 12.2. The summed E-state index contributed by atoms with van der Waals surface area (Å²) in [5.74, 6) is 0.494. The first-order chi connectivity index (χ1) is 9.53. The molecule has 20 heavy (non-hydrogen) atoms. The summed E-state index contributed by atoms with van der Waals surface area (Å²) in [6.07, 6.45) is 1.08. The zero-order chi connectivity index (χ0) is 14.6. The van der Waals surface area contributed by atoms with Crippen LogP contribution in [0.5, 0.6) is 0 Å². The monoisotopic (exact) mass is 297 g/mol. The average Bonchev–Trinajstić information content (AvgIpc) is 2.48. The van der Waals surface area contributed by atoms with Crippen molar-refractivity contribution in [3.8, 4) is 0 Å². The van der Waals surface area contributed by atoms with Gasteiger partial charge in [0.1, 0.15) is 0 Å². The molecule has 1 aliphatic rings. The Balaban J connectivity index is 2.05. The normalized spacial score (nSPS) is 18.7. The summed E-state index contributed by atoms with van der Waals surface area (Å²) in [7, 11) is -3.43. The number of anilines is 1. The van der Waals surface area contributed by atoms with Crippen LogP contribution in [0.3, 0.4) is 0 Å². The van der Waals surface area contributed by atoms with Crippen LogP contribution in [0.25, 0.3) is 0 Å². The molecule has 0 aromatic heterocycles. The van der Waals surface area contributed by atoms with Crippen molar-refractivity contribution in [2.45, 2.75) is 26.2 Å². The minimum absolute atomic E-state index is 0.494. The fraction of sp³-hybridized carbons (Fsp3) is 0.571. The van der Waals surface area contributed by atoms with E-state index < -0.39 is 10.2 Å². The first-order valence-electron chi connectivity index (χ1n) is 7.11. The van der Waals surface area contributed by atoms with E-state index in [0.29, 0.717) is 37.8 Å². The standard InChI is InChI=1S/C14H23N3O2S/c1-3-12(2)13-4-6-14(7-5-13)16-20(18,19)17-10-8-15-9-11-17/h4-7,12,15-16H,3,8-11H2,1-2H3. The Morgan fingerprint density at radius 3 is 2.40 bits per heavy atom. The molecule has 2 rings (SSSR count). The van der Waals surface area contributed by atoms with Gasteiger partial charge in [0, 0.05) is 31.9 Å². The molecular weight excluding hydrogens is 274 g/mol. The summed E-state index contributed by atoms with van der Waals surface area (Å²) in [6, 6.07) is 7.65. The van der Waals surface area contributed by atoms with Gasteiger partial charge in [0.2, 0.25) is 0 Å². The van der Waals surface area contributed by atoms with Crippen LogP contribution in [0.2, 0.25) is 0 Å². The van der Waals surface area contributed by atoms with Crippen molar-refractivity contribution in [1.29, 1.82) is 0 Å². The largest absolute Gasteiger partial charge is 0.314 e. The van der Waals surface area contributed by atoms with Crippen molar-refractivity contribution in [3.05, 3.63) is 29.8 Å². The van der Waals surface area contributed by atoms with Gasteiger partial charge in [-0.05, 0) is 30.0 Å². The highest BCUT2D eigenvalue weighted by atomic mass is 32.2. The van der Waals surface area contributed by atoms with Gasteiger partial charge in [0.05, 0.1) is 0 Å². The second-order valence-corrected chi connectivity index (χ2v) is 6.86. The maximum atomic E-state index is 12.2. The Hall–Kier alpha value is -1.11. The van der Waals surface area contributed by atoms with Crippen LogP contribution in [0.4, 0.5) is 5.69 Å². The number of hydrogen-bond acceptors (Lipinski definition) is 3. The molecule has 1 fully saturated rings. The van der Waals surface area contributed by atoms with E-state index in [1.807, 2.05) is 24.3 Å². The van der Waals surface area contributed by atoms with E-state index in [0.717, 1.165) is 6.42 Å². The molecular formula is C14H23N3O2S. The highest BCUT2D eigenvalue weighted by Crippen LogP contribution is 2.21. The summed E-state index contributed by atoms with van der Waals surface area (Å²) >= 11 is 0. The van der Waals surface area contributed by atoms with Gasteiger partial charge in [-0.25, -0.2) is 0 Å². The number of piperazine rings is 1. The van der Waals surface area contributed by atoms with Crippen molar-refractivity contribution in [1.82, 2.24) is 9.62 Å². The van der Waals surface area contributed by atoms with Crippen LogP contribution in [0, 0.1) is 0 Å². The van der Waals surface area contributed by atoms with Gasteiger partial charge in [-0.1, -0.05) is 26.0 Å². The molecule has 1 aromatic rings. The van der Waals surface area contributed by atoms with E-state index in [-0.39, 0.29) is 0 Å². The van der Waals surface area contributed by atoms with Gasteiger partial charge in [0.25, 0.3) is 0 Å². The van der Waals surface area contributed by atoms with Crippen LogP contribution < -0.4 is 10.0 Å². The summed E-state index contributed by atoms with van der Waals surface area (Å²) < 4.78 is 28.6. The third-order valence-corrected chi connectivity index (χ3v) is 5.29. The third kappa shape index (κ3) is 3.71. The quantitative estimate of drug-likeness (QED) is 0.870. The zero-order valence-electron chi connectivity index (χ0n) is 12.1.